The lowest BCUT2D eigenvalue weighted by atomic mass is 10.1. The SMILES string of the molecule is CC(N)CCNC(=O)C(C)c1cccs1.Cl. The third kappa shape index (κ3) is 4.96. The van der Waals surface area contributed by atoms with Crippen LogP contribution in [0.1, 0.15) is 31.1 Å². The summed E-state index contributed by atoms with van der Waals surface area (Å²) in [5.41, 5.74) is 5.60. The molecule has 0 fully saturated rings. The van der Waals surface area contributed by atoms with Gasteiger partial charge in [0, 0.05) is 17.5 Å². The highest BCUT2D eigenvalue weighted by atomic mass is 35.5. The van der Waals surface area contributed by atoms with E-state index in [2.05, 4.69) is 5.32 Å². The highest BCUT2D eigenvalue weighted by Crippen LogP contribution is 2.20. The zero-order valence-electron chi connectivity index (χ0n) is 9.60. The number of carbonyl (C=O) groups excluding carboxylic acids is 1. The first-order chi connectivity index (χ1) is 7.11. The van der Waals surface area contributed by atoms with Crippen molar-refractivity contribution in [3.05, 3.63) is 22.4 Å². The number of amides is 1. The second kappa shape index (κ2) is 7.65. The molecular weight excluding hydrogens is 244 g/mol. The van der Waals surface area contributed by atoms with Crippen molar-refractivity contribution < 1.29 is 4.79 Å². The molecule has 1 amide bonds. The van der Waals surface area contributed by atoms with Crippen LogP contribution in [0.4, 0.5) is 0 Å². The Bertz CT molecular complexity index is 301. The van der Waals surface area contributed by atoms with Gasteiger partial charge in [0.15, 0.2) is 0 Å². The van der Waals surface area contributed by atoms with E-state index in [4.69, 9.17) is 5.73 Å². The molecule has 5 heteroatoms. The van der Waals surface area contributed by atoms with Crippen molar-refractivity contribution in [3.63, 3.8) is 0 Å². The lowest BCUT2D eigenvalue weighted by molar-refractivity contribution is -0.122. The number of rotatable bonds is 5. The fraction of sp³-hybridized carbons (Fsp3) is 0.545. The van der Waals surface area contributed by atoms with Gasteiger partial charge in [0.2, 0.25) is 5.91 Å². The van der Waals surface area contributed by atoms with Crippen molar-refractivity contribution in [2.75, 3.05) is 6.54 Å². The van der Waals surface area contributed by atoms with Crippen molar-refractivity contribution in [1.82, 2.24) is 5.32 Å². The molecule has 1 aromatic rings. The van der Waals surface area contributed by atoms with Gasteiger partial charge in [-0.15, -0.1) is 23.7 Å². The van der Waals surface area contributed by atoms with Gasteiger partial charge in [-0.2, -0.15) is 0 Å². The summed E-state index contributed by atoms with van der Waals surface area (Å²) in [6.45, 7) is 4.52. The molecule has 3 N–H and O–H groups in total. The Morgan fingerprint density at radius 2 is 2.25 bits per heavy atom. The number of hydrogen-bond acceptors (Lipinski definition) is 3. The minimum atomic E-state index is -0.0573. The fourth-order valence-corrected chi connectivity index (χ4v) is 2.03. The molecule has 16 heavy (non-hydrogen) atoms. The Morgan fingerprint density at radius 3 is 2.75 bits per heavy atom. The van der Waals surface area contributed by atoms with Crippen molar-refractivity contribution in [2.24, 2.45) is 5.73 Å². The van der Waals surface area contributed by atoms with Gasteiger partial charge in [0.25, 0.3) is 0 Å². The van der Waals surface area contributed by atoms with Crippen LogP contribution in [0, 0.1) is 0 Å². The molecule has 0 aromatic carbocycles. The third-order valence-electron chi connectivity index (χ3n) is 2.26. The van der Waals surface area contributed by atoms with Crippen molar-refractivity contribution in [3.8, 4) is 0 Å². The molecule has 0 aliphatic rings. The van der Waals surface area contributed by atoms with Crippen LogP contribution < -0.4 is 11.1 Å². The molecule has 0 bridgehead atoms. The normalized spacial score (nSPS) is 13.7. The van der Waals surface area contributed by atoms with Crippen molar-refractivity contribution in [2.45, 2.75) is 32.2 Å². The van der Waals surface area contributed by atoms with Crippen LogP contribution in [0.15, 0.2) is 17.5 Å². The zero-order chi connectivity index (χ0) is 11.3. The molecular formula is C11H19ClN2OS. The van der Waals surface area contributed by atoms with Gasteiger partial charge >= 0.3 is 0 Å². The van der Waals surface area contributed by atoms with E-state index in [1.54, 1.807) is 11.3 Å². The number of nitrogens with two attached hydrogens (primary N) is 1. The van der Waals surface area contributed by atoms with Gasteiger partial charge in [-0.25, -0.2) is 0 Å². The minimum absolute atomic E-state index is 0. The van der Waals surface area contributed by atoms with Crippen LogP contribution in [0.2, 0.25) is 0 Å². The molecule has 2 unspecified atom stereocenters. The Balaban J connectivity index is 0.00000225. The van der Waals surface area contributed by atoms with E-state index in [0.717, 1.165) is 11.3 Å². The Hall–Kier alpha value is -0.580. The third-order valence-corrected chi connectivity index (χ3v) is 3.32. The summed E-state index contributed by atoms with van der Waals surface area (Å²) < 4.78 is 0. The lowest BCUT2D eigenvalue weighted by Gasteiger charge is -2.11. The topological polar surface area (TPSA) is 55.1 Å². The van der Waals surface area contributed by atoms with Crippen LogP contribution in [-0.4, -0.2) is 18.5 Å². The predicted octanol–water partition coefficient (Wildman–Crippen LogP) is 2.13. The van der Waals surface area contributed by atoms with Gasteiger partial charge in [-0.3, -0.25) is 4.79 Å². The zero-order valence-corrected chi connectivity index (χ0v) is 11.2. The van der Waals surface area contributed by atoms with Crippen molar-refractivity contribution >= 4 is 29.7 Å². The Kier molecular flexibility index (Phi) is 7.38. The highest BCUT2D eigenvalue weighted by molar-refractivity contribution is 7.10. The molecule has 0 radical (unpaired) electrons. The summed E-state index contributed by atoms with van der Waals surface area (Å²) in [4.78, 5) is 12.8. The van der Waals surface area contributed by atoms with E-state index in [0.29, 0.717) is 6.54 Å². The molecule has 2 atom stereocenters. The molecule has 0 aliphatic heterocycles. The summed E-state index contributed by atoms with van der Waals surface area (Å²) in [5, 5.41) is 4.88. The second-order valence-electron chi connectivity index (χ2n) is 3.79. The standard InChI is InChI=1S/C11H18N2OS.ClH/c1-8(12)5-6-13-11(14)9(2)10-4-3-7-15-10;/h3-4,7-9H,5-6,12H2,1-2H3,(H,13,14);1H. The summed E-state index contributed by atoms with van der Waals surface area (Å²) >= 11 is 1.61. The average Bonchev–Trinajstić information content (AvgIpc) is 2.68. The lowest BCUT2D eigenvalue weighted by Crippen LogP contribution is -2.31. The number of thiophene rings is 1. The summed E-state index contributed by atoms with van der Waals surface area (Å²) in [7, 11) is 0. The Morgan fingerprint density at radius 1 is 1.56 bits per heavy atom. The number of carbonyl (C=O) groups is 1. The largest absolute Gasteiger partial charge is 0.355 e. The molecule has 3 nitrogen and oxygen atoms in total. The quantitative estimate of drug-likeness (QED) is 0.854. The van der Waals surface area contributed by atoms with E-state index >= 15 is 0 Å². The maximum Gasteiger partial charge on any atom is 0.228 e. The minimum Gasteiger partial charge on any atom is -0.355 e. The van der Waals surface area contributed by atoms with Gasteiger partial charge in [0.1, 0.15) is 0 Å². The fourth-order valence-electron chi connectivity index (χ4n) is 1.24. The van der Waals surface area contributed by atoms with Crippen LogP contribution in [-0.2, 0) is 4.79 Å². The molecule has 0 spiro atoms. The first-order valence-electron chi connectivity index (χ1n) is 5.18. The van der Waals surface area contributed by atoms with Crippen LogP contribution in [0.25, 0.3) is 0 Å². The molecule has 92 valence electrons. The monoisotopic (exact) mass is 262 g/mol. The van der Waals surface area contributed by atoms with Crippen LogP contribution in [0.3, 0.4) is 0 Å². The van der Waals surface area contributed by atoms with Gasteiger partial charge in [0.05, 0.1) is 5.92 Å². The predicted molar refractivity (Wildman–Crippen MR) is 71.3 cm³/mol. The second-order valence-corrected chi connectivity index (χ2v) is 4.77. The average molecular weight is 263 g/mol. The van der Waals surface area contributed by atoms with E-state index in [1.165, 1.54) is 0 Å². The molecule has 1 aromatic heterocycles. The first kappa shape index (κ1) is 15.4. The maximum absolute atomic E-state index is 11.7. The molecule has 0 saturated heterocycles. The van der Waals surface area contributed by atoms with E-state index < -0.39 is 0 Å². The molecule has 1 rings (SSSR count). The van der Waals surface area contributed by atoms with Crippen molar-refractivity contribution in [1.29, 1.82) is 0 Å². The van der Waals surface area contributed by atoms with Gasteiger partial charge < -0.3 is 11.1 Å². The molecule has 0 aliphatic carbocycles. The van der Waals surface area contributed by atoms with E-state index in [-0.39, 0.29) is 30.3 Å². The van der Waals surface area contributed by atoms with Gasteiger partial charge in [-0.1, -0.05) is 6.07 Å². The van der Waals surface area contributed by atoms with E-state index in [9.17, 15) is 4.79 Å². The van der Waals surface area contributed by atoms with Gasteiger partial charge in [-0.05, 0) is 31.7 Å². The Labute approximate surface area is 107 Å². The van der Waals surface area contributed by atoms with E-state index in [1.807, 2.05) is 31.4 Å². The smallest absolute Gasteiger partial charge is 0.228 e. The number of hydrogen-bond donors (Lipinski definition) is 2. The molecule has 0 saturated carbocycles. The maximum atomic E-state index is 11.7. The summed E-state index contributed by atoms with van der Waals surface area (Å²) in [5.74, 6) is 0.0242. The molecule has 1 heterocycles. The first-order valence-corrected chi connectivity index (χ1v) is 6.06. The van der Waals surface area contributed by atoms with Crippen LogP contribution >= 0.6 is 23.7 Å². The summed E-state index contributed by atoms with van der Waals surface area (Å²) in [6.07, 6.45) is 0.822. The highest BCUT2D eigenvalue weighted by Gasteiger charge is 2.15. The van der Waals surface area contributed by atoms with Crippen LogP contribution in [0.5, 0.6) is 0 Å². The number of nitrogens with one attached hydrogen (secondary N) is 1. The summed E-state index contributed by atoms with van der Waals surface area (Å²) in [6, 6.07) is 4.09. The number of halogens is 1.